The summed E-state index contributed by atoms with van der Waals surface area (Å²) in [7, 11) is 1.73. The molecule has 3 aromatic carbocycles. The highest BCUT2D eigenvalue weighted by molar-refractivity contribution is 6.10. The van der Waals surface area contributed by atoms with Crippen molar-refractivity contribution in [2.75, 3.05) is 0 Å². The number of fused-ring (bicyclic) bond motifs is 4. The number of hydrogen-bond acceptors (Lipinski definition) is 1. The third kappa shape index (κ3) is 2.44. The monoisotopic (exact) mass is 358 g/mol. The molecule has 132 valence electrons. The molecule has 0 saturated carbocycles. The van der Waals surface area contributed by atoms with Gasteiger partial charge in [-0.2, -0.15) is 0 Å². The number of benzene rings is 3. The van der Waals surface area contributed by atoms with Crippen LogP contribution in [0.2, 0.25) is 0 Å². The zero-order valence-corrected chi connectivity index (χ0v) is 15.1. The number of rotatable bonds is 1. The molecule has 0 spiro atoms. The lowest BCUT2D eigenvalue weighted by Crippen LogP contribution is -2.31. The van der Waals surface area contributed by atoms with E-state index in [-0.39, 0.29) is 11.1 Å². The number of aryl methyl sites for hydroxylation is 4. The minimum Gasteiger partial charge on any atom is -0.456 e. The minimum atomic E-state index is -2.55. The summed E-state index contributed by atoms with van der Waals surface area (Å²) >= 11 is 0. The van der Waals surface area contributed by atoms with E-state index in [0.717, 1.165) is 38.3 Å². The Hall–Kier alpha value is -3.13. The van der Waals surface area contributed by atoms with Gasteiger partial charge in [-0.05, 0) is 66.8 Å². The molecule has 0 N–H and O–H groups in total. The van der Waals surface area contributed by atoms with Gasteiger partial charge in [0, 0.05) is 30.6 Å². The zero-order chi connectivity index (χ0) is 23.7. The Kier molecular flexibility index (Phi) is 2.29. The van der Waals surface area contributed by atoms with Gasteiger partial charge in [0.1, 0.15) is 18.2 Å². The first kappa shape index (κ1) is 10.9. The molecule has 2 heterocycles. The number of aromatic nitrogens is 1. The van der Waals surface area contributed by atoms with Gasteiger partial charge >= 0.3 is 0 Å². The fourth-order valence-corrected chi connectivity index (χ4v) is 3.81. The van der Waals surface area contributed by atoms with E-state index in [1.165, 1.54) is 12.3 Å². The van der Waals surface area contributed by atoms with Gasteiger partial charge in [-0.3, -0.25) is 0 Å². The summed E-state index contributed by atoms with van der Waals surface area (Å²) in [6.07, 6.45) is 1.40. The topological polar surface area (TPSA) is 17.0 Å². The van der Waals surface area contributed by atoms with Gasteiger partial charge in [0.2, 0.25) is 5.69 Å². The molecule has 0 amide bonds. The van der Waals surface area contributed by atoms with Crippen LogP contribution in [0, 0.1) is 20.6 Å². The molecule has 27 heavy (non-hydrogen) atoms. The van der Waals surface area contributed by atoms with Crippen LogP contribution in [0.4, 0.5) is 0 Å². The normalized spacial score (nSPS) is 15.9. The minimum absolute atomic E-state index is 0.161. The molecule has 0 bridgehead atoms. The van der Waals surface area contributed by atoms with Crippen LogP contribution in [0.3, 0.4) is 0 Å². The highest BCUT2D eigenvalue weighted by Crippen LogP contribution is 2.35. The van der Waals surface area contributed by atoms with Crippen LogP contribution in [0.15, 0.2) is 65.2 Å². The molecule has 2 aromatic heterocycles. The zero-order valence-electron chi connectivity index (χ0n) is 21.1. The number of pyridine rings is 1. The predicted octanol–water partition coefficient (Wildman–Crippen LogP) is 6.16. The Bertz CT molecular complexity index is 1560. The van der Waals surface area contributed by atoms with Crippen LogP contribution in [0.25, 0.3) is 44.0 Å². The van der Waals surface area contributed by atoms with Crippen molar-refractivity contribution in [3.8, 4) is 11.3 Å². The van der Waals surface area contributed by atoms with E-state index < -0.39 is 13.7 Å². The van der Waals surface area contributed by atoms with Crippen molar-refractivity contribution >= 4 is 32.7 Å². The van der Waals surface area contributed by atoms with Crippen LogP contribution in [-0.4, -0.2) is 0 Å². The average Bonchev–Trinajstić information content (AvgIpc) is 3.06. The van der Waals surface area contributed by atoms with Gasteiger partial charge in [-0.15, -0.1) is 0 Å². The summed E-state index contributed by atoms with van der Waals surface area (Å²) in [5.41, 5.74) is 3.48. The van der Waals surface area contributed by atoms with Crippen molar-refractivity contribution in [1.82, 2.24) is 0 Å². The van der Waals surface area contributed by atoms with E-state index in [1.807, 2.05) is 43.3 Å². The molecule has 0 aliphatic rings. The first-order valence-electron chi connectivity index (χ1n) is 11.8. The molecular formula is C25H22NO+. The SMILES string of the molecule is [2H]C([2H])([2H])c1cc(-c2cc3oc4cc5ccccc5cc4c3cc2C)[n+](C)cc1C([2H])([2H])[2H]. The van der Waals surface area contributed by atoms with E-state index in [0.29, 0.717) is 11.3 Å². The lowest BCUT2D eigenvalue weighted by atomic mass is 9.99. The maximum Gasteiger partial charge on any atom is 0.212 e. The molecule has 5 rings (SSSR count). The quantitative estimate of drug-likeness (QED) is 0.328. The highest BCUT2D eigenvalue weighted by Gasteiger charge is 2.18. The van der Waals surface area contributed by atoms with Crippen molar-refractivity contribution in [3.63, 3.8) is 0 Å². The third-order valence-electron chi connectivity index (χ3n) is 5.23. The second-order valence-electron chi connectivity index (χ2n) is 7.06. The van der Waals surface area contributed by atoms with Crippen molar-refractivity contribution in [2.45, 2.75) is 20.6 Å². The molecule has 0 fully saturated rings. The Balaban J connectivity index is 1.77. The number of hydrogen-bond donors (Lipinski definition) is 0. The molecule has 0 atom stereocenters. The summed E-state index contributed by atoms with van der Waals surface area (Å²) in [5, 5.41) is 4.22. The Morgan fingerprint density at radius 1 is 0.815 bits per heavy atom. The summed E-state index contributed by atoms with van der Waals surface area (Å²) in [6.45, 7) is -3.12. The van der Waals surface area contributed by atoms with E-state index >= 15 is 0 Å². The van der Waals surface area contributed by atoms with E-state index in [4.69, 9.17) is 12.6 Å². The van der Waals surface area contributed by atoms with Crippen molar-refractivity contribution < 1.29 is 17.2 Å². The fourth-order valence-electron chi connectivity index (χ4n) is 3.81. The average molecular weight is 358 g/mol. The molecule has 5 aromatic rings. The Morgan fingerprint density at radius 2 is 1.52 bits per heavy atom. The summed E-state index contributed by atoms with van der Waals surface area (Å²) in [5.74, 6) is 0. The lowest BCUT2D eigenvalue weighted by molar-refractivity contribution is -0.660. The Morgan fingerprint density at radius 3 is 2.30 bits per heavy atom. The van der Waals surface area contributed by atoms with Gasteiger partial charge < -0.3 is 4.42 Å². The predicted molar refractivity (Wildman–Crippen MR) is 112 cm³/mol. The molecule has 2 heteroatoms. The maximum atomic E-state index is 7.91. The third-order valence-corrected chi connectivity index (χ3v) is 5.23. The van der Waals surface area contributed by atoms with Gasteiger partial charge in [-0.25, -0.2) is 4.57 Å². The van der Waals surface area contributed by atoms with Gasteiger partial charge in [0.15, 0.2) is 6.20 Å². The molecule has 0 unspecified atom stereocenters. The van der Waals surface area contributed by atoms with E-state index in [9.17, 15) is 0 Å². The second kappa shape index (κ2) is 5.68. The second-order valence-corrected chi connectivity index (χ2v) is 7.06. The number of nitrogens with zero attached hydrogens (tertiary/aromatic N) is 1. The first-order valence-corrected chi connectivity index (χ1v) is 8.84. The summed E-state index contributed by atoms with van der Waals surface area (Å²) in [4.78, 5) is 0. The summed E-state index contributed by atoms with van der Waals surface area (Å²) in [6, 6.07) is 17.7. The molecular weight excluding hydrogens is 330 g/mol. The van der Waals surface area contributed by atoms with E-state index in [1.54, 1.807) is 11.6 Å². The van der Waals surface area contributed by atoms with Crippen molar-refractivity contribution in [3.05, 3.63) is 77.5 Å². The van der Waals surface area contributed by atoms with Crippen LogP contribution < -0.4 is 4.57 Å². The fraction of sp³-hybridized carbons (Fsp3) is 0.160. The largest absolute Gasteiger partial charge is 0.456 e. The van der Waals surface area contributed by atoms with Crippen molar-refractivity contribution in [1.29, 1.82) is 0 Å². The van der Waals surface area contributed by atoms with Crippen LogP contribution in [0.5, 0.6) is 0 Å². The molecule has 0 saturated heterocycles. The smallest absolute Gasteiger partial charge is 0.212 e. The first-order chi connectivity index (χ1) is 15.4. The maximum absolute atomic E-state index is 7.91. The molecule has 0 aliphatic carbocycles. The van der Waals surface area contributed by atoms with Crippen molar-refractivity contribution in [2.24, 2.45) is 7.05 Å². The molecule has 2 nitrogen and oxygen atoms in total. The molecule has 0 radical (unpaired) electrons. The lowest BCUT2D eigenvalue weighted by Gasteiger charge is -2.07. The van der Waals surface area contributed by atoms with Gasteiger partial charge in [0.05, 0.1) is 5.56 Å². The Labute approximate surface area is 167 Å². The van der Waals surface area contributed by atoms with Crippen LogP contribution in [0.1, 0.15) is 24.9 Å². The van der Waals surface area contributed by atoms with Gasteiger partial charge in [0.25, 0.3) is 0 Å². The van der Waals surface area contributed by atoms with Crippen LogP contribution >= 0.6 is 0 Å². The summed E-state index contributed by atoms with van der Waals surface area (Å²) < 4.78 is 55.0. The highest BCUT2D eigenvalue weighted by atomic mass is 16.3. The standard InChI is InChI=1S/C25H22NO/c1-15-10-23(26(4)14-17(15)3)20-13-25-21(9-16(20)2)22-11-18-7-5-6-8-19(18)12-24(22)27-25/h5-14H,1-4H3/q+1/i1D3,3D3. The van der Waals surface area contributed by atoms with E-state index in [2.05, 4.69) is 12.1 Å². The van der Waals surface area contributed by atoms with Gasteiger partial charge in [-0.1, -0.05) is 24.3 Å². The van der Waals surface area contributed by atoms with Crippen LogP contribution in [-0.2, 0) is 7.05 Å². The molecule has 0 aliphatic heterocycles. The number of furan rings is 1.